The monoisotopic (exact) mass is 548 g/mol. The summed E-state index contributed by atoms with van der Waals surface area (Å²) in [5, 5.41) is 27.7. The summed E-state index contributed by atoms with van der Waals surface area (Å²) in [6.07, 6.45) is 0. The second-order valence-electron chi connectivity index (χ2n) is 5.38. The van der Waals surface area contributed by atoms with Crippen LogP contribution in [0.5, 0.6) is 0 Å². The number of aromatic nitrogens is 2. The first-order valence-corrected chi connectivity index (χ1v) is 11.0. The number of rotatable bonds is 2. The number of nitrogens with zero attached hydrogens (tertiary/aromatic N) is 2. The largest absolute Gasteiger partial charge is 2.00 e. The van der Waals surface area contributed by atoms with Gasteiger partial charge in [-0.1, -0.05) is 47.5 Å². The van der Waals surface area contributed by atoms with Crippen LogP contribution in [0.1, 0.15) is 0 Å². The van der Waals surface area contributed by atoms with Crippen molar-refractivity contribution >= 4 is 70.3 Å². The fraction of sp³-hybridized carbons (Fsp3) is 0. The molecule has 0 aliphatic carbocycles. The summed E-state index contributed by atoms with van der Waals surface area (Å²) in [4.78, 5) is 0. The van der Waals surface area contributed by atoms with E-state index in [2.05, 4.69) is 0 Å². The molecule has 0 radical (unpaired) electrons. The Kier molecular flexibility index (Phi) is 9.03. The molecule has 0 bridgehead atoms. The van der Waals surface area contributed by atoms with Gasteiger partial charge >= 0.3 is 19.5 Å². The molecular weight excluding hydrogens is 541 g/mol. The molecule has 0 saturated heterocycles. The van der Waals surface area contributed by atoms with Gasteiger partial charge in [-0.15, -0.1) is 22.7 Å². The molecular formula is C18H10Cl2N2O2S4Zn. The van der Waals surface area contributed by atoms with E-state index in [0.717, 1.165) is 20.6 Å². The van der Waals surface area contributed by atoms with E-state index in [4.69, 9.17) is 47.6 Å². The molecule has 0 fully saturated rings. The third-order valence-electron chi connectivity index (χ3n) is 3.59. The van der Waals surface area contributed by atoms with Crippen LogP contribution in [0.15, 0.2) is 59.3 Å². The third kappa shape index (κ3) is 5.98. The van der Waals surface area contributed by atoms with E-state index in [0.29, 0.717) is 29.3 Å². The summed E-state index contributed by atoms with van der Waals surface area (Å²) in [5.74, 6) is 0. The van der Waals surface area contributed by atoms with Gasteiger partial charge in [-0.25, -0.2) is 0 Å². The fourth-order valence-electron chi connectivity index (χ4n) is 2.21. The van der Waals surface area contributed by atoms with Gasteiger partial charge in [-0.05, 0) is 59.8 Å². The van der Waals surface area contributed by atoms with Crippen molar-refractivity contribution in [2.45, 2.75) is 0 Å². The van der Waals surface area contributed by atoms with Crippen LogP contribution in [-0.2, 0) is 19.5 Å². The normalized spacial score (nSPS) is 10.0. The molecule has 0 amide bonds. The summed E-state index contributed by atoms with van der Waals surface area (Å²) >= 11 is 23.7. The van der Waals surface area contributed by atoms with Gasteiger partial charge in [0.1, 0.15) is 0 Å². The number of thiazole rings is 2. The van der Waals surface area contributed by atoms with Crippen LogP contribution >= 0.6 is 70.3 Å². The molecule has 2 aromatic carbocycles. The van der Waals surface area contributed by atoms with Crippen molar-refractivity contribution in [3.63, 3.8) is 0 Å². The minimum Gasteiger partial charge on any atom is -0.804 e. The van der Waals surface area contributed by atoms with Gasteiger partial charge in [-0.2, -0.15) is 0 Å². The van der Waals surface area contributed by atoms with Crippen molar-refractivity contribution in [2.24, 2.45) is 0 Å². The minimum absolute atomic E-state index is 0. The Hall–Kier alpha value is -1.06. The van der Waals surface area contributed by atoms with Gasteiger partial charge in [0.2, 0.25) is 0 Å². The second kappa shape index (κ2) is 10.8. The second-order valence-corrected chi connectivity index (χ2v) is 9.26. The van der Waals surface area contributed by atoms with Crippen molar-refractivity contribution < 1.29 is 19.5 Å². The minimum atomic E-state index is 0. The van der Waals surface area contributed by atoms with E-state index in [1.54, 1.807) is 59.3 Å². The Morgan fingerprint density at radius 1 is 0.655 bits per heavy atom. The van der Waals surface area contributed by atoms with E-state index >= 15 is 0 Å². The van der Waals surface area contributed by atoms with Crippen molar-refractivity contribution in [1.29, 1.82) is 0 Å². The molecule has 0 unspecified atom stereocenters. The summed E-state index contributed by atoms with van der Waals surface area (Å²) in [7, 11) is 0. The molecule has 2 aromatic heterocycles. The number of benzene rings is 2. The number of hydrogen-bond acceptors (Lipinski definition) is 6. The van der Waals surface area contributed by atoms with Crippen molar-refractivity contribution in [3.8, 4) is 22.5 Å². The molecule has 4 rings (SSSR count). The molecule has 4 nitrogen and oxygen atoms in total. The predicted octanol–water partition coefficient (Wildman–Crippen LogP) is 7.89. The van der Waals surface area contributed by atoms with E-state index in [-0.39, 0.29) is 19.5 Å². The quantitative estimate of drug-likeness (QED) is 0.188. The van der Waals surface area contributed by atoms with Gasteiger partial charge in [0, 0.05) is 20.8 Å². The first-order chi connectivity index (χ1) is 13.4. The SMILES string of the molecule is [O-]n1c(-c2ccc(Cl)cc2)csc1=S.[O-]n1c(-c2ccc(Cl)cc2)csc1=S.[Zn+2]. The molecule has 0 aliphatic rings. The topological polar surface area (TPSA) is 56.0 Å². The Morgan fingerprint density at radius 2 is 0.966 bits per heavy atom. The summed E-state index contributed by atoms with van der Waals surface area (Å²) in [6.45, 7) is 0. The van der Waals surface area contributed by atoms with Gasteiger partial charge in [-0.3, -0.25) is 0 Å². The molecule has 0 atom stereocenters. The average Bonchev–Trinajstić information content (AvgIpc) is 3.20. The Bertz CT molecular complexity index is 1100. The van der Waals surface area contributed by atoms with Crippen LogP contribution < -0.4 is 0 Å². The standard InChI is InChI=1S/2C9H5ClNOS2.Zn/c2*10-7-3-1-6(2-4-7)8-5-14-9(13)11(8)12;/h2*1-5H;/q2*-1;+2. The van der Waals surface area contributed by atoms with Crippen LogP contribution in [0, 0.1) is 18.3 Å². The van der Waals surface area contributed by atoms with E-state index in [9.17, 15) is 10.4 Å². The molecule has 144 valence electrons. The molecule has 0 N–H and O–H groups in total. The molecule has 4 aromatic rings. The summed E-state index contributed by atoms with van der Waals surface area (Å²) < 4.78 is 2.16. The van der Waals surface area contributed by atoms with Crippen molar-refractivity contribution in [2.75, 3.05) is 0 Å². The molecule has 0 saturated carbocycles. The van der Waals surface area contributed by atoms with Crippen LogP contribution in [0.25, 0.3) is 22.5 Å². The molecule has 0 aliphatic heterocycles. The van der Waals surface area contributed by atoms with Gasteiger partial charge in [0.25, 0.3) is 0 Å². The molecule has 11 heteroatoms. The van der Waals surface area contributed by atoms with Crippen LogP contribution in [0.3, 0.4) is 0 Å². The maximum Gasteiger partial charge on any atom is 2.00 e. The van der Waals surface area contributed by atoms with Gasteiger partial charge < -0.3 is 19.9 Å². The Balaban J connectivity index is 0.000000200. The summed E-state index contributed by atoms with van der Waals surface area (Å²) in [5.41, 5.74) is 2.82. The van der Waals surface area contributed by atoms with E-state index in [1.165, 1.54) is 22.7 Å². The fourth-order valence-corrected chi connectivity index (χ4v) is 4.23. The van der Waals surface area contributed by atoms with Gasteiger partial charge in [0.15, 0.2) is 7.91 Å². The Morgan fingerprint density at radius 3 is 1.21 bits per heavy atom. The zero-order chi connectivity index (χ0) is 20.3. The zero-order valence-electron chi connectivity index (χ0n) is 14.6. The molecule has 29 heavy (non-hydrogen) atoms. The summed E-state index contributed by atoms with van der Waals surface area (Å²) in [6, 6.07) is 14.2. The molecule has 2 heterocycles. The van der Waals surface area contributed by atoms with Crippen molar-refractivity contribution in [1.82, 2.24) is 9.46 Å². The number of hydrogen-bond donors (Lipinski definition) is 0. The van der Waals surface area contributed by atoms with Gasteiger partial charge in [0.05, 0.1) is 11.4 Å². The van der Waals surface area contributed by atoms with Crippen LogP contribution in [0.4, 0.5) is 0 Å². The van der Waals surface area contributed by atoms with Crippen LogP contribution in [-0.4, -0.2) is 9.46 Å². The van der Waals surface area contributed by atoms with E-state index in [1.807, 2.05) is 0 Å². The van der Waals surface area contributed by atoms with E-state index < -0.39 is 0 Å². The zero-order valence-corrected chi connectivity index (χ0v) is 22.3. The molecule has 0 spiro atoms. The first-order valence-electron chi connectivity index (χ1n) is 7.65. The maximum absolute atomic E-state index is 11.4. The van der Waals surface area contributed by atoms with Crippen molar-refractivity contribution in [3.05, 3.63) is 87.7 Å². The average molecular weight is 551 g/mol. The maximum atomic E-state index is 11.4. The third-order valence-corrected chi connectivity index (χ3v) is 6.42. The number of halogens is 2. The Labute approximate surface area is 207 Å². The predicted molar refractivity (Wildman–Crippen MR) is 125 cm³/mol. The smallest absolute Gasteiger partial charge is 0.804 e. The first kappa shape index (κ1) is 24.2. The van der Waals surface area contributed by atoms with Crippen LogP contribution in [0.2, 0.25) is 10.0 Å².